The van der Waals surface area contributed by atoms with Crippen LogP contribution in [0.4, 0.5) is 0 Å². The van der Waals surface area contributed by atoms with E-state index < -0.39 is 0 Å². The monoisotopic (exact) mass is 162 g/mol. The van der Waals surface area contributed by atoms with Crippen molar-refractivity contribution in [3.8, 4) is 0 Å². The molecule has 2 aromatic rings. The lowest BCUT2D eigenvalue weighted by Gasteiger charge is -1.98. The van der Waals surface area contributed by atoms with Gasteiger partial charge in [-0.3, -0.25) is 0 Å². The van der Waals surface area contributed by atoms with E-state index in [-0.39, 0.29) is 0 Å². The second-order valence-corrected chi connectivity index (χ2v) is 2.63. The van der Waals surface area contributed by atoms with Gasteiger partial charge in [0.1, 0.15) is 6.33 Å². The van der Waals surface area contributed by atoms with Crippen LogP contribution in [-0.2, 0) is 6.54 Å². The van der Waals surface area contributed by atoms with Crippen LogP contribution in [0.3, 0.4) is 0 Å². The first-order chi connectivity index (χ1) is 5.90. The van der Waals surface area contributed by atoms with Gasteiger partial charge in [-0.1, -0.05) is 6.07 Å². The Bertz CT molecular complexity index is 379. The van der Waals surface area contributed by atoms with Gasteiger partial charge in [0.2, 0.25) is 0 Å². The van der Waals surface area contributed by atoms with E-state index in [1.807, 2.05) is 25.4 Å². The Kier molecular flexibility index (Phi) is 1.75. The predicted octanol–water partition coefficient (Wildman–Crippen LogP) is 0.449. The van der Waals surface area contributed by atoms with Crippen LogP contribution < -0.4 is 5.32 Å². The van der Waals surface area contributed by atoms with E-state index in [4.69, 9.17) is 0 Å². The number of nitrogens with zero attached hydrogens (tertiary/aromatic N) is 3. The molecule has 0 atom stereocenters. The van der Waals surface area contributed by atoms with Gasteiger partial charge in [-0.15, -0.1) is 0 Å². The Hall–Kier alpha value is -1.42. The second-order valence-electron chi connectivity index (χ2n) is 2.63. The van der Waals surface area contributed by atoms with Crippen molar-refractivity contribution in [1.29, 1.82) is 0 Å². The minimum Gasteiger partial charge on any atom is -0.316 e. The number of nitrogens with one attached hydrogen (secondary N) is 1. The fraction of sp³-hybridized carbons (Fsp3) is 0.250. The highest BCUT2D eigenvalue weighted by Crippen LogP contribution is 2.01. The van der Waals surface area contributed by atoms with Gasteiger partial charge < -0.3 is 5.32 Å². The Labute approximate surface area is 70.2 Å². The van der Waals surface area contributed by atoms with Crippen molar-refractivity contribution in [1.82, 2.24) is 19.9 Å². The molecule has 0 aliphatic rings. The molecule has 0 spiro atoms. The van der Waals surface area contributed by atoms with Gasteiger partial charge in [0.05, 0.1) is 0 Å². The Morgan fingerprint density at radius 1 is 1.50 bits per heavy atom. The van der Waals surface area contributed by atoms with Crippen molar-refractivity contribution in [3.05, 3.63) is 30.2 Å². The van der Waals surface area contributed by atoms with Gasteiger partial charge in [0.15, 0.2) is 5.65 Å². The molecule has 0 unspecified atom stereocenters. The number of rotatable bonds is 2. The largest absolute Gasteiger partial charge is 0.316 e. The van der Waals surface area contributed by atoms with Crippen molar-refractivity contribution in [3.63, 3.8) is 0 Å². The van der Waals surface area contributed by atoms with E-state index in [2.05, 4.69) is 15.4 Å². The summed E-state index contributed by atoms with van der Waals surface area (Å²) in [5, 5.41) is 7.12. The normalized spacial score (nSPS) is 10.8. The zero-order chi connectivity index (χ0) is 8.39. The summed E-state index contributed by atoms with van der Waals surface area (Å²) in [6.45, 7) is 0.857. The smallest absolute Gasteiger partial charge is 0.155 e. The van der Waals surface area contributed by atoms with Crippen LogP contribution in [0.15, 0.2) is 24.7 Å². The third-order valence-electron chi connectivity index (χ3n) is 1.72. The molecule has 0 fully saturated rings. The fourth-order valence-electron chi connectivity index (χ4n) is 1.17. The van der Waals surface area contributed by atoms with E-state index in [1.54, 1.807) is 10.8 Å². The average molecular weight is 162 g/mol. The summed E-state index contributed by atoms with van der Waals surface area (Å²) in [6.07, 6.45) is 3.53. The van der Waals surface area contributed by atoms with Crippen molar-refractivity contribution in [2.75, 3.05) is 7.05 Å². The van der Waals surface area contributed by atoms with Crippen molar-refractivity contribution in [2.24, 2.45) is 0 Å². The Morgan fingerprint density at radius 2 is 2.42 bits per heavy atom. The SMILES string of the molecule is CNCc1ccc2ncnn2c1. The van der Waals surface area contributed by atoms with E-state index in [0.29, 0.717) is 0 Å². The summed E-state index contributed by atoms with van der Waals surface area (Å²) in [7, 11) is 1.92. The molecule has 0 aliphatic heterocycles. The molecule has 0 saturated heterocycles. The van der Waals surface area contributed by atoms with Crippen LogP contribution >= 0.6 is 0 Å². The highest BCUT2D eigenvalue weighted by Gasteiger charge is 1.95. The highest BCUT2D eigenvalue weighted by atomic mass is 15.3. The molecule has 2 aromatic heterocycles. The Morgan fingerprint density at radius 3 is 3.25 bits per heavy atom. The second kappa shape index (κ2) is 2.91. The third-order valence-corrected chi connectivity index (χ3v) is 1.72. The van der Waals surface area contributed by atoms with Crippen molar-refractivity contribution in [2.45, 2.75) is 6.54 Å². The van der Waals surface area contributed by atoms with E-state index >= 15 is 0 Å². The molecule has 0 saturated carbocycles. The first-order valence-corrected chi connectivity index (χ1v) is 3.83. The number of aromatic nitrogens is 3. The van der Waals surface area contributed by atoms with Crippen molar-refractivity contribution >= 4 is 5.65 Å². The maximum Gasteiger partial charge on any atom is 0.155 e. The molecule has 2 rings (SSSR count). The molecule has 62 valence electrons. The minimum atomic E-state index is 0.857. The Balaban J connectivity index is 2.46. The van der Waals surface area contributed by atoms with E-state index in [0.717, 1.165) is 12.2 Å². The fourth-order valence-corrected chi connectivity index (χ4v) is 1.17. The summed E-state index contributed by atoms with van der Waals surface area (Å²) < 4.78 is 1.77. The third kappa shape index (κ3) is 1.16. The van der Waals surface area contributed by atoms with Gasteiger partial charge in [-0.2, -0.15) is 5.10 Å². The lowest BCUT2D eigenvalue weighted by atomic mass is 10.3. The van der Waals surface area contributed by atoms with Crippen LogP contribution in [-0.4, -0.2) is 21.6 Å². The first-order valence-electron chi connectivity index (χ1n) is 3.83. The lowest BCUT2D eigenvalue weighted by molar-refractivity contribution is 0.803. The molecule has 0 aliphatic carbocycles. The number of hydrogen-bond acceptors (Lipinski definition) is 3. The molecule has 1 N–H and O–H groups in total. The molecule has 2 heterocycles. The number of fused-ring (bicyclic) bond motifs is 1. The maximum atomic E-state index is 4.05. The van der Waals surface area contributed by atoms with Gasteiger partial charge in [0.25, 0.3) is 0 Å². The quantitative estimate of drug-likeness (QED) is 0.697. The molecular weight excluding hydrogens is 152 g/mol. The first kappa shape index (κ1) is 7.24. The van der Waals surface area contributed by atoms with E-state index in [9.17, 15) is 0 Å². The predicted molar refractivity (Wildman–Crippen MR) is 45.8 cm³/mol. The van der Waals surface area contributed by atoms with Crippen LogP contribution in [0.2, 0.25) is 0 Å². The van der Waals surface area contributed by atoms with Gasteiger partial charge in [0, 0.05) is 12.7 Å². The zero-order valence-electron chi connectivity index (χ0n) is 6.86. The van der Waals surface area contributed by atoms with Crippen LogP contribution in [0.1, 0.15) is 5.56 Å². The highest BCUT2D eigenvalue weighted by molar-refractivity contribution is 5.37. The molecule has 0 bridgehead atoms. The number of hydrogen-bond donors (Lipinski definition) is 1. The molecule has 0 radical (unpaired) electrons. The summed E-state index contributed by atoms with van der Waals surface area (Å²) in [5.41, 5.74) is 2.09. The molecule has 0 aromatic carbocycles. The number of pyridine rings is 1. The summed E-state index contributed by atoms with van der Waals surface area (Å²) >= 11 is 0. The summed E-state index contributed by atoms with van der Waals surface area (Å²) in [5.74, 6) is 0. The maximum absolute atomic E-state index is 4.05. The topological polar surface area (TPSA) is 42.2 Å². The van der Waals surface area contributed by atoms with Crippen LogP contribution in [0.25, 0.3) is 5.65 Å². The minimum absolute atomic E-state index is 0.857. The van der Waals surface area contributed by atoms with Gasteiger partial charge in [-0.25, -0.2) is 9.50 Å². The van der Waals surface area contributed by atoms with Gasteiger partial charge >= 0.3 is 0 Å². The van der Waals surface area contributed by atoms with Crippen LogP contribution in [0, 0.1) is 0 Å². The van der Waals surface area contributed by atoms with Crippen LogP contribution in [0.5, 0.6) is 0 Å². The summed E-state index contributed by atoms with van der Waals surface area (Å²) in [4.78, 5) is 4.05. The molecular formula is C8H10N4. The average Bonchev–Trinajstić information content (AvgIpc) is 2.51. The molecule has 4 nitrogen and oxygen atoms in total. The molecule has 12 heavy (non-hydrogen) atoms. The lowest BCUT2D eigenvalue weighted by Crippen LogP contribution is -2.05. The zero-order valence-corrected chi connectivity index (χ0v) is 6.86. The standard InChI is InChI=1S/C8H10N4/c1-9-4-7-2-3-8-10-6-11-12(8)5-7/h2-3,5-6,9H,4H2,1H3. The van der Waals surface area contributed by atoms with Crippen molar-refractivity contribution < 1.29 is 0 Å². The summed E-state index contributed by atoms with van der Waals surface area (Å²) in [6, 6.07) is 4.00. The van der Waals surface area contributed by atoms with E-state index in [1.165, 1.54) is 5.56 Å². The molecule has 4 heteroatoms. The molecule has 0 amide bonds. The van der Waals surface area contributed by atoms with Gasteiger partial charge in [-0.05, 0) is 18.7 Å².